The van der Waals surface area contributed by atoms with Crippen molar-refractivity contribution in [2.75, 3.05) is 0 Å². The van der Waals surface area contributed by atoms with Crippen LogP contribution in [-0.2, 0) is 0 Å². The second kappa shape index (κ2) is 5.73. The van der Waals surface area contributed by atoms with Gasteiger partial charge in [-0.2, -0.15) is 0 Å². The van der Waals surface area contributed by atoms with Crippen LogP contribution in [0, 0.1) is 17.8 Å². The van der Waals surface area contributed by atoms with Gasteiger partial charge in [0.05, 0.1) is 6.10 Å². The van der Waals surface area contributed by atoms with Gasteiger partial charge in [0.2, 0.25) is 0 Å². The fourth-order valence-corrected chi connectivity index (χ4v) is 4.95. The zero-order valence-electron chi connectivity index (χ0n) is 13.3. The minimum Gasteiger partial charge on any atom is -0.388 e. The van der Waals surface area contributed by atoms with E-state index >= 15 is 0 Å². The Morgan fingerprint density at radius 2 is 1.95 bits per heavy atom. The van der Waals surface area contributed by atoms with E-state index in [4.69, 9.17) is 0 Å². The van der Waals surface area contributed by atoms with E-state index in [1.807, 2.05) is 13.0 Å². The highest BCUT2D eigenvalue weighted by molar-refractivity contribution is 5.47. The summed E-state index contributed by atoms with van der Waals surface area (Å²) in [4.78, 5) is 0. The van der Waals surface area contributed by atoms with E-state index in [0.29, 0.717) is 12.3 Å². The highest BCUT2D eigenvalue weighted by Gasteiger charge is 2.40. The number of aliphatic hydroxyl groups excluding tert-OH is 2. The van der Waals surface area contributed by atoms with Gasteiger partial charge >= 0.3 is 0 Å². The highest BCUT2D eigenvalue weighted by atomic mass is 16.3. The first-order valence-electron chi connectivity index (χ1n) is 8.47. The molecule has 0 bridgehead atoms. The van der Waals surface area contributed by atoms with E-state index in [-0.39, 0.29) is 0 Å². The van der Waals surface area contributed by atoms with Gasteiger partial charge in [-0.05, 0) is 73.5 Å². The van der Waals surface area contributed by atoms with Crippen molar-refractivity contribution in [1.29, 1.82) is 0 Å². The molecule has 3 saturated carbocycles. The molecule has 0 aromatic heterocycles. The Hall–Kier alpha value is -0.860. The van der Waals surface area contributed by atoms with Crippen LogP contribution in [0.5, 0.6) is 0 Å². The van der Waals surface area contributed by atoms with Crippen molar-refractivity contribution < 1.29 is 10.2 Å². The Bertz CT molecular complexity index is 500. The predicted octanol–water partition coefficient (Wildman–Crippen LogP) is 3.76. The van der Waals surface area contributed by atoms with Crippen LogP contribution in [0.1, 0.15) is 52.4 Å². The topological polar surface area (TPSA) is 40.5 Å². The number of rotatable bonds is 0. The molecule has 0 spiro atoms. The van der Waals surface area contributed by atoms with Gasteiger partial charge in [-0.25, -0.2) is 0 Å². The lowest BCUT2D eigenvalue weighted by Crippen LogP contribution is -2.33. The first-order chi connectivity index (χ1) is 10.0. The first-order valence-corrected chi connectivity index (χ1v) is 8.47. The Labute approximate surface area is 128 Å². The Kier molecular flexibility index (Phi) is 4.11. The Morgan fingerprint density at radius 3 is 2.67 bits per heavy atom. The first kappa shape index (κ1) is 15.1. The molecule has 0 radical (unpaired) electrons. The van der Waals surface area contributed by atoms with Crippen LogP contribution in [0.3, 0.4) is 0 Å². The molecule has 3 aliphatic rings. The standard InChI is InChI=1S/C19H28O2/c1-4-13-18(20)10-17(12(3)19(13)21)15-7-5-6-14-11(2)8-9-16(14)15/h4,11,14,16,18-21H,3,5-10H2,1-2H3. The normalized spacial score (nSPS) is 46.0. The Morgan fingerprint density at radius 1 is 1.19 bits per heavy atom. The van der Waals surface area contributed by atoms with Crippen LogP contribution < -0.4 is 0 Å². The molecule has 0 saturated heterocycles. The van der Waals surface area contributed by atoms with Crippen molar-refractivity contribution in [2.24, 2.45) is 17.8 Å². The zero-order chi connectivity index (χ0) is 15.1. The third kappa shape index (κ3) is 2.43. The monoisotopic (exact) mass is 288 g/mol. The summed E-state index contributed by atoms with van der Waals surface area (Å²) < 4.78 is 0. The van der Waals surface area contributed by atoms with E-state index < -0.39 is 12.2 Å². The summed E-state index contributed by atoms with van der Waals surface area (Å²) in [6, 6.07) is 0. The van der Waals surface area contributed by atoms with Crippen LogP contribution in [0.15, 0.2) is 34.9 Å². The van der Waals surface area contributed by atoms with Crippen molar-refractivity contribution in [1.82, 2.24) is 0 Å². The lowest BCUT2D eigenvalue weighted by molar-refractivity contribution is 0.145. The molecule has 0 aromatic rings. The van der Waals surface area contributed by atoms with Gasteiger partial charge in [0.1, 0.15) is 6.10 Å². The summed E-state index contributed by atoms with van der Waals surface area (Å²) in [5.41, 5.74) is 4.25. The average molecular weight is 288 g/mol. The second-order valence-electron chi connectivity index (χ2n) is 7.16. The number of fused-ring (bicyclic) bond motifs is 1. The largest absolute Gasteiger partial charge is 0.388 e. The second-order valence-corrected chi connectivity index (χ2v) is 7.16. The minimum atomic E-state index is -0.694. The van der Waals surface area contributed by atoms with E-state index in [9.17, 15) is 10.2 Å². The van der Waals surface area contributed by atoms with E-state index in [1.165, 1.54) is 36.8 Å². The maximum atomic E-state index is 10.4. The molecule has 0 aliphatic heterocycles. The maximum Gasteiger partial charge on any atom is 0.102 e. The van der Waals surface area contributed by atoms with Crippen LogP contribution in [-0.4, -0.2) is 22.4 Å². The molecule has 21 heavy (non-hydrogen) atoms. The van der Waals surface area contributed by atoms with Gasteiger partial charge in [0, 0.05) is 6.42 Å². The molecule has 3 rings (SSSR count). The van der Waals surface area contributed by atoms with Crippen molar-refractivity contribution in [3.05, 3.63) is 34.9 Å². The van der Waals surface area contributed by atoms with Crippen molar-refractivity contribution in [2.45, 2.75) is 64.6 Å². The van der Waals surface area contributed by atoms with Crippen molar-refractivity contribution in [3.8, 4) is 0 Å². The molecule has 5 unspecified atom stereocenters. The molecular formula is C19H28O2. The van der Waals surface area contributed by atoms with Gasteiger partial charge in [-0.15, -0.1) is 0 Å². The summed E-state index contributed by atoms with van der Waals surface area (Å²) >= 11 is 0. The van der Waals surface area contributed by atoms with Gasteiger partial charge in [0.15, 0.2) is 0 Å². The summed E-state index contributed by atoms with van der Waals surface area (Å²) in [7, 11) is 0. The third-order valence-electron chi connectivity index (χ3n) is 6.15. The molecule has 0 aromatic carbocycles. The molecule has 3 aliphatic carbocycles. The number of hydrogen-bond donors (Lipinski definition) is 2. The molecule has 2 heteroatoms. The van der Waals surface area contributed by atoms with Crippen molar-refractivity contribution >= 4 is 0 Å². The molecule has 0 amide bonds. The summed E-state index contributed by atoms with van der Waals surface area (Å²) in [6.07, 6.45) is 7.57. The average Bonchev–Trinajstić information content (AvgIpc) is 2.85. The fraction of sp³-hybridized carbons (Fsp3) is 0.684. The van der Waals surface area contributed by atoms with Crippen LogP contribution in [0.2, 0.25) is 0 Å². The van der Waals surface area contributed by atoms with E-state index in [2.05, 4.69) is 13.5 Å². The van der Waals surface area contributed by atoms with Crippen LogP contribution in [0.4, 0.5) is 0 Å². The molecule has 5 atom stereocenters. The summed E-state index contributed by atoms with van der Waals surface area (Å²) in [5.74, 6) is 2.31. The predicted molar refractivity (Wildman–Crippen MR) is 85.8 cm³/mol. The molecule has 2 N–H and O–H groups in total. The number of aliphatic hydroxyl groups is 2. The number of allylic oxidation sites excluding steroid dienone is 2. The smallest absolute Gasteiger partial charge is 0.102 e. The van der Waals surface area contributed by atoms with E-state index in [0.717, 1.165) is 29.4 Å². The van der Waals surface area contributed by atoms with Gasteiger partial charge in [-0.3, -0.25) is 0 Å². The molecule has 2 nitrogen and oxygen atoms in total. The third-order valence-corrected chi connectivity index (χ3v) is 6.15. The van der Waals surface area contributed by atoms with Gasteiger partial charge < -0.3 is 10.2 Å². The van der Waals surface area contributed by atoms with Gasteiger partial charge in [-0.1, -0.05) is 25.2 Å². The summed E-state index contributed by atoms with van der Waals surface area (Å²) in [6.45, 7) is 8.42. The molecule has 0 heterocycles. The highest BCUT2D eigenvalue weighted by Crippen LogP contribution is 2.51. The van der Waals surface area contributed by atoms with Crippen molar-refractivity contribution in [3.63, 3.8) is 0 Å². The fourth-order valence-electron chi connectivity index (χ4n) is 4.95. The lowest BCUT2D eigenvalue weighted by atomic mass is 9.70. The SMILES string of the molecule is C=C1C(=C2CCCC3C(C)CCC23)CC(O)C(=CC)C1O. The van der Waals surface area contributed by atoms with Gasteiger partial charge in [0.25, 0.3) is 0 Å². The van der Waals surface area contributed by atoms with Crippen LogP contribution in [0.25, 0.3) is 0 Å². The quantitative estimate of drug-likeness (QED) is 0.666. The lowest BCUT2D eigenvalue weighted by Gasteiger charge is -2.37. The molecule has 116 valence electrons. The Balaban J connectivity index is 1.96. The maximum absolute atomic E-state index is 10.4. The zero-order valence-corrected chi connectivity index (χ0v) is 13.3. The summed E-state index contributed by atoms with van der Waals surface area (Å²) in [5, 5.41) is 20.8. The minimum absolute atomic E-state index is 0.544. The number of hydrogen-bond acceptors (Lipinski definition) is 2. The van der Waals surface area contributed by atoms with E-state index in [1.54, 1.807) is 0 Å². The molecular weight excluding hydrogens is 260 g/mol. The van der Waals surface area contributed by atoms with Crippen LogP contribution >= 0.6 is 0 Å². The molecule has 3 fully saturated rings.